The van der Waals surface area contributed by atoms with Crippen molar-refractivity contribution in [2.75, 3.05) is 5.32 Å². The predicted octanol–water partition coefficient (Wildman–Crippen LogP) is 5.25. The second kappa shape index (κ2) is 8.32. The number of anilines is 1. The zero-order valence-corrected chi connectivity index (χ0v) is 17.9. The molecule has 1 aromatic heterocycles. The predicted molar refractivity (Wildman–Crippen MR) is 124 cm³/mol. The number of aromatic nitrogens is 2. The largest absolute Gasteiger partial charge is 0.325 e. The van der Waals surface area contributed by atoms with Crippen molar-refractivity contribution in [2.24, 2.45) is 0 Å². The van der Waals surface area contributed by atoms with E-state index in [1.807, 2.05) is 81.4 Å². The third-order valence-corrected chi connectivity index (χ3v) is 6.06. The first-order valence-electron chi connectivity index (χ1n) is 9.92. The van der Waals surface area contributed by atoms with Crippen LogP contribution < -0.4 is 10.9 Å². The SMILES string of the molecule is CC(Sc1nc2ccccc2c(=O)n1C(C)C)C(=O)Nc1cccc2ccccc12. The minimum Gasteiger partial charge on any atom is -0.325 e. The Balaban J connectivity index is 1.64. The van der Waals surface area contributed by atoms with Gasteiger partial charge in [-0.05, 0) is 44.4 Å². The number of nitrogens with one attached hydrogen (secondary N) is 1. The molecule has 152 valence electrons. The molecule has 1 N–H and O–H groups in total. The summed E-state index contributed by atoms with van der Waals surface area (Å²) in [6, 6.07) is 21.0. The molecule has 1 unspecified atom stereocenters. The summed E-state index contributed by atoms with van der Waals surface area (Å²) in [5.41, 5.74) is 1.33. The average molecular weight is 418 g/mol. The summed E-state index contributed by atoms with van der Waals surface area (Å²) < 4.78 is 1.66. The van der Waals surface area contributed by atoms with Gasteiger partial charge in [-0.1, -0.05) is 60.3 Å². The molecule has 0 radical (unpaired) electrons. The van der Waals surface area contributed by atoms with Crippen molar-refractivity contribution in [3.63, 3.8) is 0 Å². The van der Waals surface area contributed by atoms with Crippen molar-refractivity contribution in [3.8, 4) is 0 Å². The molecule has 1 heterocycles. The van der Waals surface area contributed by atoms with E-state index in [4.69, 9.17) is 0 Å². The Labute approximate surface area is 179 Å². The molecule has 6 heteroatoms. The van der Waals surface area contributed by atoms with Crippen molar-refractivity contribution in [1.82, 2.24) is 9.55 Å². The van der Waals surface area contributed by atoms with Gasteiger partial charge in [0, 0.05) is 17.1 Å². The normalized spacial score (nSPS) is 12.4. The van der Waals surface area contributed by atoms with Crippen molar-refractivity contribution >= 4 is 45.0 Å². The Bertz CT molecular complexity index is 1290. The summed E-state index contributed by atoms with van der Waals surface area (Å²) in [5, 5.41) is 5.80. The maximum absolute atomic E-state index is 13.0. The van der Waals surface area contributed by atoms with E-state index in [-0.39, 0.29) is 17.5 Å². The molecule has 1 amide bonds. The monoisotopic (exact) mass is 417 g/mol. The number of amides is 1. The highest BCUT2D eigenvalue weighted by atomic mass is 32.2. The second-order valence-corrected chi connectivity index (χ2v) is 8.76. The van der Waals surface area contributed by atoms with Gasteiger partial charge in [0.1, 0.15) is 0 Å². The Hall–Kier alpha value is -3.12. The molecule has 0 aliphatic heterocycles. The summed E-state index contributed by atoms with van der Waals surface area (Å²) in [6.45, 7) is 5.72. The van der Waals surface area contributed by atoms with E-state index in [9.17, 15) is 9.59 Å². The maximum atomic E-state index is 13.0. The number of rotatable bonds is 5. The first-order valence-corrected chi connectivity index (χ1v) is 10.8. The van der Waals surface area contributed by atoms with Crippen LogP contribution in [0.2, 0.25) is 0 Å². The number of carbonyl (C=O) groups excluding carboxylic acids is 1. The third kappa shape index (κ3) is 3.83. The fraction of sp³-hybridized carbons (Fsp3) is 0.208. The highest BCUT2D eigenvalue weighted by molar-refractivity contribution is 8.00. The zero-order valence-electron chi connectivity index (χ0n) is 17.1. The first kappa shape index (κ1) is 20.2. The molecule has 0 saturated carbocycles. The molecule has 0 aliphatic carbocycles. The molecule has 30 heavy (non-hydrogen) atoms. The van der Waals surface area contributed by atoms with E-state index in [2.05, 4.69) is 10.3 Å². The standard InChI is InChI=1S/C24H23N3O2S/c1-15(2)27-23(29)19-12-6-7-13-21(19)26-24(27)30-16(3)22(28)25-20-14-8-10-17-9-4-5-11-18(17)20/h4-16H,1-3H3,(H,25,28). The minimum atomic E-state index is -0.429. The molecule has 0 spiro atoms. The summed E-state index contributed by atoms with van der Waals surface area (Å²) in [7, 11) is 0. The van der Waals surface area contributed by atoms with Gasteiger partial charge in [-0.2, -0.15) is 0 Å². The number of para-hydroxylation sites is 1. The number of nitrogens with zero attached hydrogens (tertiary/aromatic N) is 2. The van der Waals surface area contributed by atoms with Crippen LogP contribution in [0.1, 0.15) is 26.8 Å². The Kier molecular flexibility index (Phi) is 5.59. The van der Waals surface area contributed by atoms with E-state index < -0.39 is 5.25 Å². The van der Waals surface area contributed by atoms with E-state index in [0.717, 1.165) is 16.5 Å². The highest BCUT2D eigenvalue weighted by Gasteiger charge is 2.21. The molecule has 0 saturated heterocycles. The number of hydrogen-bond acceptors (Lipinski definition) is 4. The molecular formula is C24H23N3O2S. The van der Waals surface area contributed by atoms with Crippen LogP contribution >= 0.6 is 11.8 Å². The molecule has 5 nitrogen and oxygen atoms in total. The van der Waals surface area contributed by atoms with Crippen LogP contribution in [0.4, 0.5) is 5.69 Å². The van der Waals surface area contributed by atoms with Crippen LogP contribution in [0.5, 0.6) is 0 Å². The summed E-state index contributed by atoms with van der Waals surface area (Å²) in [5.74, 6) is -0.130. The molecule has 3 aromatic carbocycles. The van der Waals surface area contributed by atoms with E-state index >= 15 is 0 Å². The van der Waals surface area contributed by atoms with Gasteiger partial charge in [-0.3, -0.25) is 14.2 Å². The van der Waals surface area contributed by atoms with Gasteiger partial charge in [0.05, 0.1) is 16.2 Å². The quantitative estimate of drug-likeness (QED) is 0.356. The van der Waals surface area contributed by atoms with E-state index in [1.54, 1.807) is 10.6 Å². The maximum Gasteiger partial charge on any atom is 0.262 e. The highest BCUT2D eigenvalue weighted by Crippen LogP contribution is 2.27. The van der Waals surface area contributed by atoms with Crippen LogP contribution in [0.15, 0.2) is 76.7 Å². The zero-order chi connectivity index (χ0) is 21.3. The van der Waals surface area contributed by atoms with Crippen LogP contribution in [0.25, 0.3) is 21.7 Å². The lowest BCUT2D eigenvalue weighted by Gasteiger charge is -2.19. The molecular weight excluding hydrogens is 394 g/mol. The van der Waals surface area contributed by atoms with Gasteiger partial charge in [-0.15, -0.1) is 0 Å². The number of hydrogen-bond donors (Lipinski definition) is 1. The topological polar surface area (TPSA) is 64.0 Å². The molecule has 0 bridgehead atoms. The van der Waals surface area contributed by atoms with Gasteiger partial charge in [-0.25, -0.2) is 4.98 Å². The van der Waals surface area contributed by atoms with Gasteiger partial charge < -0.3 is 5.32 Å². The van der Waals surface area contributed by atoms with E-state index in [0.29, 0.717) is 16.1 Å². The van der Waals surface area contributed by atoms with Gasteiger partial charge in [0.25, 0.3) is 5.56 Å². The van der Waals surface area contributed by atoms with Crippen molar-refractivity contribution in [1.29, 1.82) is 0 Å². The van der Waals surface area contributed by atoms with Gasteiger partial charge >= 0.3 is 0 Å². The number of thioether (sulfide) groups is 1. The molecule has 1 atom stereocenters. The van der Waals surface area contributed by atoms with Gasteiger partial charge in [0.15, 0.2) is 5.16 Å². The van der Waals surface area contributed by atoms with Gasteiger partial charge in [0.2, 0.25) is 5.91 Å². The Morgan fingerprint density at radius 1 is 0.933 bits per heavy atom. The molecule has 0 fully saturated rings. The molecule has 4 rings (SSSR count). The number of carbonyl (C=O) groups is 1. The van der Waals surface area contributed by atoms with Crippen molar-refractivity contribution in [2.45, 2.75) is 37.2 Å². The smallest absolute Gasteiger partial charge is 0.262 e. The third-order valence-electron chi connectivity index (χ3n) is 4.99. The summed E-state index contributed by atoms with van der Waals surface area (Å²) in [4.78, 5) is 30.6. The lowest BCUT2D eigenvalue weighted by atomic mass is 10.1. The molecule has 4 aromatic rings. The second-order valence-electron chi connectivity index (χ2n) is 7.46. The number of benzene rings is 3. The fourth-order valence-electron chi connectivity index (χ4n) is 3.44. The summed E-state index contributed by atoms with van der Waals surface area (Å²) in [6.07, 6.45) is 0. The van der Waals surface area contributed by atoms with E-state index in [1.165, 1.54) is 11.8 Å². The number of fused-ring (bicyclic) bond motifs is 2. The fourth-order valence-corrected chi connectivity index (χ4v) is 4.48. The Morgan fingerprint density at radius 2 is 1.60 bits per heavy atom. The lowest BCUT2D eigenvalue weighted by molar-refractivity contribution is -0.115. The first-order chi connectivity index (χ1) is 14.5. The Morgan fingerprint density at radius 3 is 2.37 bits per heavy atom. The summed E-state index contributed by atoms with van der Waals surface area (Å²) >= 11 is 1.30. The average Bonchev–Trinajstić information content (AvgIpc) is 2.74. The van der Waals surface area contributed by atoms with Crippen LogP contribution in [0.3, 0.4) is 0 Å². The van der Waals surface area contributed by atoms with Crippen LogP contribution in [0, 0.1) is 0 Å². The van der Waals surface area contributed by atoms with Crippen LogP contribution in [-0.4, -0.2) is 20.7 Å². The lowest BCUT2D eigenvalue weighted by Crippen LogP contribution is -2.28. The van der Waals surface area contributed by atoms with Crippen molar-refractivity contribution in [3.05, 3.63) is 77.1 Å². The molecule has 0 aliphatic rings. The minimum absolute atomic E-state index is 0.0644. The van der Waals surface area contributed by atoms with Crippen LogP contribution in [-0.2, 0) is 4.79 Å². The van der Waals surface area contributed by atoms with Crippen molar-refractivity contribution < 1.29 is 4.79 Å².